The molecule has 4 rings (SSSR count). The van der Waals surface area contributed by atoms with E-state index in [4.69, 9.17) is 0 Å². The fourth-order valence-electron chi connectivity index (χ4n) is 5.25. The Morgan fingerprint density at radius 1 is 1.19 bits per heavy atom. The molecule has 2 unspecified atom stereocenters. The molecule has 0 saturated carbocycles. The number of halogens is 4. The average molecular weight is 521 g/mol. The highest BCUT2D eigenvalue weighted by Gasteiger charge is 2.52. The van der Waals surface area contributed by atoms with Crippen LogP contribution in [-0.2, 0) is 15.8 Å². The van der Waals surface area contributed by atoms with Crippen LogP contribution >= 0.6 is 0 Å². The standard InChI is InChI=1S/C26H28F4N4O3/c1-15(2)21(33-22(35)18-12-17(26(28,29)30)5-6-20(18)27)23(36)34-10-7-25(8-11-34)19(14-32-24(25)37)16-4-3-9-31-13-16/h3-6,9,12-13,15,19,21H,7-8,10-11,14H2,1-2H3,(H,32,37)(H,33,35). The largest absolute Gasteiger partial charge is 0.416 e. The van der Waals surface area contributed by atoms with Crippen molar-refractivity contribution in [3.05, 3.63) is 65.2 Å². The molecule has 198 valence electrons. The Kier molecular flexibility index (Phi) is 7.25. The van der Waals surface area contributed by atoms with Crippen molar-refractivity contribution in [3.8, 4) is 0 Å². The Bertz CT molecular complexity index is 1180. The van der Waals surface area contributed by atoms with E-state index in [0.717, 1.165) is 5.56 Å². The Morgan fingerprint density at radius 3 is 2.49 bits per heavy atom. The Morgan fingerprint density at radius 2 is 1.89 bits per heavy atom. The van der Waals surface area contributed by atoms with Crippen LogP contribution in [0.2, 0.25) is 0 Å². The summed E-state index contributed by atoms with van der Waals surface area (Å²) < 4.78 is 53.4. The van der Waals surface area contributed by atoms with E-state index in [-0.39, 0.29) is 24.9 Å². The molecule has 1 aromatic carbocycles. The lowest BCUT2D eigenvalue weighted by atomic mass is 9.68. The first-order valence-electron chi connectivity index (χ1n) is 12.1. The van der Waals surface area contributed by atoms with Gasteiger partial charge in [-0.15, -0.1) is 0 Å². The number of hydrogen-bond acceptors (Lipinski definition) is 4. The number of carbonyl (C=O) groups is 3. The van der Waals surface area contributed by atoms with Gasteiger partial charge >= 0.3 is 6.18 Å². The molecule has 1 aromatic heterocycles. The molecule has 2 aliphatic rings. The minimum atomic E-state index is -4.75. The smallest absolute Gasteiger partial charge is 0.355 e. The Balaban J connectivity index is 1.48. The molecule has 0 bridgehead atoms. The first kappa shape index (κ1) is 26.6. The number of rotatable bonds is 5. The summed E-state index contributed by atoms with van der Waals surface area (Å²) in [5.41, 5.74) is -1.69. The van der Waals surface area contributed by atoms with Crippen molar-refractivity contribution in [2.45, 2.75) is 44.8 Å². The van der Waals surface area contributed by atoms with Crippen LogP contribution in [0.1, 0.15) is 54.1 Å². The predicted molar refractivity (Wildman–Crippen MR) is 126 cm³/mol. The van der Waals surface area contributed by atoms with Gasteiger partial charge in [0.25, 0.3) is 5.91 Å². The van der Waals surface area contributed by atoms with E-state index in [2.05, 4.69) is 15.6 Å². The first-order chi connectivity index (χ1) is 17.4. The second-order valence-corrected chi connectivity index (χ2v) is 9.92. The van der Waals surface area contributed by atoms with Gasteiger partial charge in [-0.1, -0.05) is 19.9 Å². The maximum Gasteiger partial charge on any atom is 0.416 e. The molecule has 7 nitrogen and oxygen atoms in total. The van der Waals surface area contributed by atoms with Gasteiger partial charge in [0.15, 0.2) is 0 Å². The summed E-state index contributed by atoms with van der Waals surface area (Å²) in [5.74, 6) is -3.22. The van der Waals surface area contributed by atoms with Gasteiger partial charge in [-0.05, 0) is 48.6 Å². The van der Waals surface area contributed by atoms with Crippen LogP contribution in [0, 0.1) is 17.2 Å². The molecule has 1 spiro atoms. The SMILES string of the molecule is CC(C)C(NC(=O)c1cc(C(F)(F)F)ccc1F)C(=O)N1CCC2(CC1)C(=O)NCC2c1cccnc1. The molecule has 2 aliphatic heterocycles. The van der Waals surface area contributed by atoms with E-state index >= 15 is 0 Å². The number of piperidine rings is 1. The number of benzene rings is 1. The zero-order valence-corrected chi connectivity index (χ0v) is 20.4. The first-order valence-corrected chi connectivity index (χ1v) is 12.1. The number of alkyl halides is 3. The average Bonchev–Trinajstić information content (AvgIpc) is 3.17. The molecule has 0 radical (unpaired) electrons. The van der Waals surface area contributed by atoms with Gasteiger partial charge < -0.3 is 15.5 Å². The quantitative estimate of drug-likeness (QED) is 0.591. The monoisotopic (exact) mass is 520 g/mol. The Labute approximate surface area is 211 Å². The molecular weight excluding hydrogens is 492 g/mol. The molecule has 37 heavy (non-hydrogen) atoms. The van der Waals surface area contributed by atoms with Crippen LogP contribution in [0.15, 0.2) is 42.7 Å². The van der Waals surface area contributed by atoms with Crippen molar-refractivity contribution in [3.63, 3.8) is 0 Å². The highest BCUT2D eigenvalue weighted by molar-refractivity contribution is 5.98. The van der Waals surface area contributed by atoms with E-state index in [1.165, 1.54) is 0 Å². The summed E-state index contributed by atoms with van der Waals surface area (Å²) in [6.45, 7) is 4.37. The van der Waals surface area contributed by atoms with E-state index in [0.29, 0.717) is 37.6 Å². The summed E-state index contributed by atoms with van der Waals surface area (Å²) in [6, 6.07) is 4.23. The number of carbonyl (C=O) groups excluding carboxylic acids is 3. The van der Waals surface area contributed by atoms with Gasteiger partial charge in [-0.25, -0.2) is 4.39 Å². The van der Waals surface area contributed by atoms with Gasteiger partial charge in [0, 0.05) is 37.9 Å². The van der Waals surface area contributed by atoms with Gasteiger partial charge in [-0.3, -0.25) is 19.4 Å². The number of nitrogens with zero attached hydrogens (tertiary/aromatic N) is 2. The number of pyridine rings is 1. The lowest BCUT2D eigenvalue weighted by molar-refractivity contribution is -0.141. The fraction of sp³-hybridized carbons (Fsp3) is 0.462. The number of aromatic nitrogens is 1. The van der Waals surface area contributed by atoms with Crippen LogP contribution in [0.25, 0.3) is 0 Å². The number of hydrogen-bond donors (Lipinski definition) is 2. The highest BCUT2D eigenvalue weighted by atomic mass is 19.4. The lowest BCUT2D eigenvalue weighted by Crippen LogP contribution is -2.55. The third-order valence-electron chi connectivity index (χ3n) is 7.40. The summed E-state index contributed by atoms with van der Waals surface area (Å²) in [7, 11) is 0. The minimum Gasteiger partial charge on any atom is -0.355 e. The van der Waals surface area contributed by atoms with Crippen LogP contribution in [-0.4, -0.2) is 53.3 Å². The molecule has 2 saturated heterocycles. The van der Waals surface area contributed by atoms with Crippen molar-refractivity contribution < 1.29 is 31.9 Å². The Hall–Kier alpha value is -3.50. The normalized spacial score (nSPS) is 20.1. The topological polar surface area (TPSA) is 91.4 Å². The highest BCUT2D eigenvalue weighted by Crippen LogP contribution is 2.47. The van der Waals surface area contributed by atoms with E-state index in [1.807, 2.05) is 12.1 Å². The molecule has 11 heteroatoms. The predicted octanol–water partition coefficient (Wildman–Crippen LogP) is 3.52. The maximum atomic E-state index is 14.2. The van der Waals surface area contributed by atoms with Crippen molar-refractivity contribution in [2.75, 3.05) is 19.6 Å². The van der Waals surface area contributed by atoms with E-state index in [1.54, 1.807) is 31.1 Å². The van der Waals surface area contributed by atoms with Crippen molar-refractivity contribution in [1.82, 2.24) is 20.5 Å². The second-order valence-electron chi connectivity index (χ2n) is 9.92. The molecule has 2 atom stereocenters. The molecule has 3 heterocycles. The van der Waals surface area contributed by atoms with Gasteiger partial charge in [0.2, 0.25) is 11.8 Å². The number of nitrogens with one attached hydrogen (secondary N) is 2. The summed E-state index contributed by atoms with van der Waals surface area (Å²) in [6.07, 6.45) is -0.537. The lowest BCUT2D eigenvalue weighted by Gasteiger charge is -2.42. The molecular formula is C26H28F4N4O3. The molecule has 3 amide bonds. The van der Waals surface area contributed by atoms with E-state index < -0.39 is 52.3 Å². The third kappa shape index (κ3) is 5.17. The van der Waals surface area contributed by atoms with Crippen LogP contribution < -0.4 is 10.6 Å². The van der Waals surface area contributed by atoms with Crippen LogP contribution in [0.4, 0.5) is 17.6 Å². The number of likely N-dealkylation sites (tertiary alicyclic amines) is 1. The summed E-state index contributed by atoms with van der Waals surface area (Å²) in [5, 5.41) is 5.36. The van der Waals surface area contributed by atoms with Gasteiger partial charge in [-0.2, -0.15) is 13.2 Å². The second kappa shape index (κ2) is 10.1. The van der Waals surface area contributed by atoms with E-state index in [9.17, 15) is 31.9 Å². The van der Waals surface area contributed by atoms with Gasteiger partial charge in [0.05, 0.1) is 16.5 Å². The van der Waals surface area contributed by atoms with Crippen LogP contribution in [0.5, 0.6) is 0 Å². The number of amides is 3. The summed E-state index contributed by atoms with van der Waals surface area (Å²) >= 11 is 0. The minimum absolute atomic E-state index is 0.0674. The third-order valence-corrected chi connectivity index (χ3v) is 7.40. The zero-order chi connectivity index (χ0) is 27.0. The molecule has 0 aliphatic carbocycles. The summed E-state index contributed by atoms with van der Waals surface area (Å²) in [4.78, 5) is 44.7. The van der Waals surface area contributed by atoms with Crippen molar-refractivity contribution >= 4 is 17.7 Å². The molecule has 2 fully saturated rings. The maximum absolute atomic E-state index is 14.2. The van der Waals surface area contributed by atoms with Crippen molar-refractivity contribution in [2.24, 2.45) is 11.3 Å². The van der Waals surface area contributed by atoms with Crippen molar-refractivity contribution in [1.29, 1.82) is 0 Å². The zero-order valence-electron chi connectivity index (χ0n) is 20.4. The molecule has 2 N–H and O–H groups in total. The molecule has 2 aromatic rings. The van der Waals surface area contributed by atoms with Gasteiger partial charge in [0.1, 0.15) is 11.9 Å². The fourth-order valence-corrected chi connectivity index (χ4v) is 5.25. The van der Waals surface area contributed by atoms with Crippen LogP contribution in [0.3, 0.4) is 0 Å².